The van der Waals surface area contributed by atoms with E-state index in [1.54, 1.807) is 31.1 Å². The third-order valence-electron chi connectivity index (χ3n) is 15.8. The van der Waals surface area contributed by atoms with Gasteiger partial charge in [0.1, 0.15) is 0 Å². The molecule has 1 fully saturated rings. The molecule has 0 bridgehead atoms. The van der Waals surface area contributed by atoms with Crippen LogP contribution in [0.5, 0.6) is 0 Å². The van der Waals surface area contributed by atoms with E-state index in [1.807, 2.05) is 8.85 Å². The number of hydrogen-bond acceptors (Lipinski definition) is 0. The summed E-state index contributed by atoms with van der Waals surface area (Å²) in [6.45, 7) is 34.1. The van der Waals surface area contributed by atoms with E-state index >= 15 is 0 Å². The first-order chi connectivity index (χ1) is 22.3. The Hall–Kier alpha value is -1.82. The molecule has 0 nitrogen and oxygen atoms in total. The minimum atomic E-state index is -2.84. The third kappa shape index (κ3) is 4.72. The van der Waals surface area contributed by atoms with Crippen molar-refractivity contribution in [2.75, 3.05) is 0 Å². The van der Waals surface area contributed by atoms with E-state index in [1.165, 1.54) is 29.5 Å². The van der Waals surface area contributed by atoms with Gasteiger partial charge in [0.2, 0.25) is 0 Å². The van der Waals surface area contributed by atoms with Gasteiger partial charge in [-0.2, -0.15) is 0 Å². The van der Waals surface area contributed by atoms with Gasteiger partial charge in [-0.15, -0.1) is 0 Å². The Balaban J connectivity index is 0.00000417. The van der Waals surface area contributed by atoms with Crippen LogP contribution in [0.1, 0.15) is 126 Å². The molecule has 3 unspecified atom stereocenters. The predicted octanol–water partition coefficient (Wildman–Crippen LogP) is 10.1. The van der Waals surface area contributed by atoms with Crippen LogP contribution in [0.4, 0.5) is 0 Å². The smallest absolute Gasteiger partial charge is 1.00 e. The molecule has 0 aliphatic heterocycles. The van der Waals surface area contributed by atoms with Gasteiger partial charge in [0.25, 0.3) is 0 Å². The molecular weight excluding hydrogens is 691 g/mol. The van der Waals surface area contributed by atoms with Gasteiger partial charge < -0.3 is 12.4 Å². The summed E-state index contributed by atoms with van der Waals surface area (Å²) in [7, 11) is 0. The Kier molecular flexibility index (Phi) is 8.94. The van der Waals surface area contributed by atoms with Gasteiger partial charge in [0.15, 0.2) is 0 Å². The number of rotatable bonds is 3. The Morgan fingerprint density at radius 3 is 2.06 bits per heavy atom. The first-order valence-corrected chi connectivity index (χ1v) is 22.4. The largest absolute Gasteiger partial charge is 1.00 e. The molecular formula is C47H60ClZr. The van der Waals surface area contributed by atoms with E-state index in [-0.39, 0.29) is 42.6 Å². The van der Waals surface area contributed by atoms with Gasteiger partial charge >= 0.3 is 303 Å². The Morgan fingerprint density at radius 1 is 0.796 bits per heavy atom. The topological polar surface area (TPSA) is 0 Å². The van der Waals surface area contributed by atoms with Crippen molar-refractivity contribution in [2.24, 2.45) is 33.0 Å². The molecule has 0 heterocycles. The van der Waals surface area contributed by atoms with Gasteiger partial charge in [0.05, 0.1) is 0 Å². The molecule has 0 aromatic heterocycles. The number of fused-ring (bicyclic) bond motifs is 6. The maximum Gasteiger partial charge on any atom is -1.00 e. The van der Waals surface area contributed by atoms with Crippen LogP contribution in [0.2, 0.25) is 3.12 Å². The van der Waals surface area contributed by atoms with Crippen molar-refractivity contribution in [3.05, 3.63) is 121 Å². The summed E-state index contributed by atoms with van der Waals surface area (Å²) in [5.41, 5.74) is 15.0. The van der Waals surface area contributed by atoms with Crippen LogP contribution >= 0.6 is 0 Å². The Morgan fingerprint density at radius 2 is 1.43 bits per heavy atom. The summed E-state index contributed by atoms with van der Waals surface area (Å²) in [4.78, 5) is 0. The number of halogens is 1. The van der Waals surface area contributed by atoms with Crippen molar-refractivity contribution in [3.63, 3.8) is 0 Å². The average molecular weight is 752 g/mol. The molecule has 0 saturated heterocycles. The van der Waals surface area contributed by atoms with Crippen LogP contribution < -0.4 is 12.4 Å². The summed E-state index contributed by atoms with van der Waals surface area (Å²) >= 11 is -2.84. The second-order valence-electron chi connectivity index (χ2n) is 18.9. The van der Waals surface area contributed by atoms with Gasteiger partial charge in [-0.3, -0.25) is 0 Å². The van der Waals surface area contributed by atoms with Crippen molar-refractivity contribution in [1.82, 2.24) is 0 Å². The SMILES string of the molecule is CC1=[C]([Zr+](=[C](C)c2ccccc2)[C]2(C)C3=C4Cc5ccccc5C4=C4C=CCCC4C3(C)C(C)(C)C(C)(C)C2(C)C)CC(C(C)(C)C)=C1.[Cl-]. The molecule has 2 heteroatoms. The van der Waals surface area contributed by atoms with Crippen molar-refractivity contribution in [2.45, 2.75) is 119 Å². The molecule has 0 radical (unpaired) electrons. The minimum absolute atomic E-state index is 0. The zero-order valence-corrected chi connectivity index (χ0v) is 35.9. The van der Waals surface area contributed by atoms with Crippen molar-refractivity contribution in [1.29, 1.82) is 0 Å². The zero-order chi connectivity index (χ0) is 34.8. The molecule has 49 heavy (non-hydrogen) atoms. The maximum absolute atomic E-state index is 2.84. The van der Waals surface area contributed by atoms with E-state index in [2.05, 4.69) is 163 Å². The molecule has 259 valence electrons. The summed E-state index contributed by atoms with van der Waals surface area (Å²) in [6.07, 6.45) is 12.3. The Bertz CT molecular complexity index is 1910. The number of allylic oxidation sites excluding steroid dienone is 10. The van der Waals surface area contributed by atoms with Gasteiger partial charge in [0, 0.05) is 0 Å². The van der Waals surface area contributed by atoms with Crippen molar-refractivity contribution in [3.8, 4) is 0 Å². The predicted molar refractivity (Wildman–Crippen MR) is 205 cm³/mol. The quantitative estimate of drug-likeness (QED) is 0.293. The van der Waals surface area contributed by atoms with Crippen molar-refractivity contribution < 1.29 is 33.7 Å². The second kappa shape index (κ2) is 11.9. The fourth-order valence-electron chi connectivity index (χ4n) is 11.6. The van der Waals surface area contributed by atoms with E-state index in [4.69, 9.17) is 0 Å². The van der Waals surface area contributed by atoms with Crippen LogP contribution in [0.25, 0.3) is 5.57 Å². The van der Waals surface area contributed by atoms with Crippen LogP contribution in [0, 0.1) is 33.0 Å². The molecule has 5 aliphatic rings. The van der Waals surface area contributed by atoms with Gasteiger partial charge in [-0.25, -0.2) is 0 Å². The first-order valence-electron chi connectivity index (χ1n) is 18.7. The van der Waals surface area contributed by atoms with Crippen LogP contribution in [0.3, 0.4) is 0 Å². The normalized spacial score (nSPS) is 29.8. The average Bonchev–Trinajstić information content (AvgIpc) is 3.61. The van der Waals surface area contributed by atoms with Crippen LogP contribution in [-0.4, -0.2) is 3.21 Å². The van der Waals surface area contributed by atoms with Gasteiger partial charge in [-0.1, -0.05) is 0 Å². The van der Waals surface area contributed by atoms with E-state index in [9.17, 15) is 0 Å². The fraction of sp³-hybridized carbons (Fsp3) is 0.511. The zero-order valence-electron chi connectivity index (χ0n) is 32.7. The summed E-state index contributed by atoms with van der Waals surface area (Å²) < 4.78 is 3.63. The summed E-state index contributed by atoms with van der Waals surface area (Å²) in [5.74, 6) is 0.524. The maximum atomic E-state index is 2.84. The molecule has 3 atom stereocenters. The van der Waals surface area contributed by atoms with Gasteiger partial charge in [-0.05, 0) is 0 Å². The molecule has 1 saturated carbocycles. The fourth-order valence-corrected chi connectivity index (χ4v) is 23.1. The van der Waals surface area contributed by atoms with Crippen molar-refractivity contribution >= 4 is 8.78 Å². The molecule has 0 amide bonds. The summed E-state index contributed by atoms with van der Waals surface area (Å²) in [5, 5.41) is 0. The van der Waals surface area contributed by atoms with E-state index in [0.717, 1.165) is 12.8 Å². The van der Waals surface area contributed by atoms with E-state index in [0.29, 0.717) is 5.92 Å². The van der Waals surface area contributed by atoms with Crippen LogP contribution in [0.15, 0.2) is 104 Å². The van der Waals surface area contributed by atoms with Crippen LogP contribution in [-0.2, 0) is 27.7 Å². The third-order valence-corrected chi connectivity index (χ3v) is 25.9. The molecule has 2 aromatic rings. The van der Waals surface area contributed by atoms with E-state index < -0.39 is 21.3 Å². The first kappa shape index (κ1) is 37.0. The molecule has 2 aromatic carbocycles. The molecule has 0 N–H and O–H groups in total. The summed E-state index contributed by atoms with van der Waals surface area (Å²) in [6, 6.07) is 21.0. The standard InChI is InChI=1S/C29H37.C10H15.C8H8.ClH.Zr/c1-18-25-22-17-19-13-9-10-14-20(19)24(22)21-15-11-12-16-23(21)29(25,8)28(6,7)27(4,5)26(18,2)3;1-8-5-6-9(7-8)10(2,3)4;1-2-8-6-4-3-5-7-8;;/h9-11,13-15,23H,12,16-17H2,1-8H3;7H,6H2,1-4H3;3-7H,1H3;1H;/q;;;;+1/p-1. The number of hydrogen-bond donors (Lipinski definition) is 0. The second-order valence-corrected chi connectivity index (χ2v) is 26.5. The molecule has 7 rings (SSSR count). The Labute approximate surface area is 312 Å². The minimum Gasteiger partial charge on any atom is -1.00 e. The monoisotopic (exact) mass is 749 g/mol. The number of benzene rings is 2. The molecule has 5 aliphatic carbocycles. The molecule has 0 spiro atoms.